The SMILES string of the molecule is O=C(NCC(=O)N1CCN(C(=O)c2c(F)cccc2Cl)CC1)c1ccccc1. The molecule has 6 nitrogen and oxygen atoms in total. The summed E-state index contributed by atoms with van der Waals surface area (Å²) < 4.78 is 13.9. The second-order valence-electron chi connectivity index (χ2n) is 6.32. The van der Waals surface area contributed by atoms with Crippen molar-refractivity contribution in [2.75, 3.05) is 32.7 Å². The quantitative estimate of drug-likeness (QED) is 0.850. The maximum Gasteiger partial charge on any atom is 0.258 e. The number of hydrogen-bond donors (Lipinski definition) is 1. The van der Waals surface area contributed by atoms with Crippen LogP contribution in [0.3, 0.4) is 0 Å². The Kier molecular flexibility index (Phi) is 6.26. The topological polar surface area (TPSA) is 69.7 Å². The standard InChI is InChI=1S/C20H19ClFN3O3/c21-15-7-4-8-16(22)18(15)20(28)25-11-9-24(10-12-25)17(26)13-23-19(27)14-5-2-1-3-6-14/h1-8H,9-13H2,(H,23,27). The van der Waals surface area contributed by atoms with Crippen molar-refractivity contribution in [1.29, 1.82) is 0 Å². The van der Waals surface area contributed by atoms with Gasteiger partial charge in [0.25, 0.3) is 11.8 Å². The first-order valence-corrected chi connectivity index (χ1v) is 9.19. The molecule has 146 valence electrons. The van der Waals surface area contributed by atoms with Crippen molar-refractivity contribution in [3.8, 4) is 0 Å². The smallest absolute Gasteiger partial charge is 0.258 e. The number of rotatable bonds is 4. The molecule has 3 rings (SSSR count). The van der Waals surface area contributed by atoms with Crippen molar-refractivity contribution >= 4 is 29.3 Å². The van der Waals surface area contributed by atoms with Crippen LogP contribution in [0.2, 0.25) is 5.02 Å². The van der Waals surface area contributed by atoms with Gasteiger partial charge in [0.2, 0.25) is 5.91 Å². The van der Waals surface area contributed by atoms with Crippen LogP contribution in [0.1, 0.15) is 20.7 Å². The van der Waals surface area contributed by atoms with Crippen LogP contribution in [0.5, 0.6) is 0 Å². The number of halogens is 2. The summed E-state index contributed by atoms with van der Waals surface area (Å²) in [5.41, 5.74) is 0.326. The summed E-state index contributed by atoms with van der Waals surface area (Å²) in [6.07, 6.45) is 0. The van der Waals surface area contributed by atoms with Gasteiger partial charge in [-0.2, -0.15) is 0 Å². The monoisotopic (exact) mass is 403 g/mol. The second-order valence-corrected chi connectivity index (χ2v) is 6.73. The largest absolute Gasteiger partial charge is 0.343 e. The van der Waals surface area contributed by atoms with E-state index in [0.717, 1.165) is 0 Å². The van der Waals surface area contributed by atoms with Crippen molar-refractivity contribution in [1.82, 2.24) is 15.1 Å². The Morgan fingerprint density at radius 3 is 2.21 bits per heavy atom. The molecule has 0 saturated carbocycles. The first kappa shape index (κ1) is 19.8. The minimum absolute atomic E-state index is 0.0622. The molecule has 2 aromatic rings. The highest BCUT2D eigenvalue weighted by Gasteiger charge is 2.27. The lowest BCUT2D eigenvalue weighted by molar-refractivity contribution is -0.131. The van der Waals surface area contributed by atoms with Crippen LogP contribution in [0, 0.1) is 5.82 Å². The van der Waals surface area contributed by atoms with Crippen molar-refractivity contribution in [3.05, 3.63) is 70.5 Å². The number of benzene rings is 2. The number of carbonyl (C=O) groups excluding carboxylic acids is 3. The number of amides is 3. The van der Waals surface area contributed by atoms with Gasteiger partial charge in [-0.25, -0.2) is 4.39 Å². The summed E-state index contributed by atoms with van der Waals surface area (Å²) >= 11 is 5.95. The third-order valence-corrected chi connectivity index (χ3v) is 4.85. The molecule has 1 saturated heterocycles. The van der Waals surface area contributed by atoms with Gasteiger partial charge in [0, 0.05) is 31.7 Å². The molecule has 0 unspecified atom stereocenters. The van der Waals surface area contributed by atoms with Crippen molar-refractivity contribution < 1.29 is 18.8 Å². The highest BCUT2D eigenvalue weighted by atomic mass is 35.5. The number of piperazine rings is 1. The minimum atomic E-state index is -0.667. The number of carbonyl (C=O) groups is 3. The molecular formula is C20H19ClFN3O3. The van der Waals surface area contributed by atoms with Gasteiger partial charge in [-0.15, -0.1) is 0 Å². The van der Waals surface area contributed by atoms with Crippen molar-refractivity contribution in [2.24, 2.45) is 0 Å². The summed E-state index contributed by atoms with van der Waals surface area (Å²) in [5.74, 6) is -1.72. The van der Waals surface area contributed by atoms with Crippen LogP contribution < -0.4 is 5.32 Å². The highest BCUT2D eigenvalue weighted by Crippen LogP contribution is 2.21. The molecule has 1 N–H and O–H groups in total. The lowest BCUT2D eigenvalue weighted by atomic mass is 10.1. The Balaban J connectivity index is 1.51. The average Bonchev–Trinajstić information content (AvgIpc) is 2.72. The normalized spacial score (nSPS) is 13.9. The Morgan fingerprint density at radius 2 is 1.57 bits per heavy atom. The van der Waals surface area contributed by atoms with Crippen LogP contribution >= 0.6 is 11.6 Å². The maximum absolute atomic E-state index is 13.9. The van der Waals surface area contributed by atoms with Gasteiger partial charge >= 0.3 is 0 Å². The second kappa shape index (κ2) is 8.84. The van der Waals surface area contributed by atoms with E-state index >= 15 is 0 Å². The molecule has 1 aliphatic heterocycles. The molecule has 1 fully saturated rings. The summed E-state index contributed by atoms with van der Waals surface area (Å²) in [5, 5.41) is 2.66. The molecule has 3 amide bonds. The molecule has 28 heavy (non-hydrogen) atoms. The van der Waals surface area contributed by atoms with Gasteiger partial charge in [0.1, 0.15) is 5.82 Å². The third-order valence-electron chi connectivity index (χ3n) is 4.53. The molecule has 8 heteroatoms. The van der Waals surface area contributed by atoms with Crippen LogP contribution in [0.25, 0.3) is 0 Å². The van der Waals surface area contributed by atoms with Crippen LogP contribution in [0.4, 0.5) is 4.39 Å². The van der Waals surface area contributed by atoms with E-state index in [9.17, 15) is 18.8 Å². The molecule has 0 bridgehead atoms. The van der Waals surface area contributed by atoms with Crippen molar-refractivity contribution in [3.63, 3.8) is 0 Å². The fraction of sp³-hybridized carbons (Fsp3) is 0.250. The predicted molar refractivity (Wildman–Crippen MR) is 103 cm³/mol. The van der Waals surface area contributed by atoms with E-state index < -0.39 is 11.7 Å². The first-order valence-electron chi connectivity index (χ1n) is 8.81. The Bertz CT molecular complexity index is 863. The fourth-order valence-electron chi connectivity index (χ4n) is 2.98. The Morgan fingerprint density at radius 1 is 0.929 bits per heavy atom. The third kappa shape index (κ3) is 4.48. The molecule has 0 radical (unpaired) electrons. The lowest BCUT2D eigenvalue weighted by Gasteiger charge is -2.35. The molecule has 1 aliphatic rings. The van der Waals surface area contributed by atoms with E-state index in [1.165, 1.54) is 23.1 Å². The molecule has 0 atom stereocenters. The van der Waals surface area contributed by atoms with Crippen LogP contribution in [0.15, 0.2) is 48.5 Å². The van der Waals surface area contributed by atoms with Gasteiger partial charge in [-0.3, -0.25) is 14.4 Å². The lowest BCUT2D eigenvalue weighted by Crippen LogP contribution is -2.52. The van der Waals surface area contributed by atoms with E-state index in [1.807, 2.05) is 0 Å². The van der Waals surface area contributed by atoms with E-state index in [1.54, 1.807) is 35.2 Å². The summed E-state index contributed by atoms with van der Waals surface area (Å²) in [4.78, 5) is 39.9. The molecule has 2 aromatic carbocycles. The summed E-state index contributed by atoms with van der Waals surface area (Å²) in [7, 11) is 0. The molecule has 0 aliphatic carbocycles. The zero-order valence-corrected chi connectivity index (χ0v) is 15.8. The van der Waals surface area contributed by atoms with Gasteiger partial charge in [0.05, 0.1) is 17.1 Å². The van der Waals surface area contributed by atoms with E-state index in [0.29, 0.717) is 18.7 Å². The minimum Gasteiger partial charge on any atom is -0.343 e. The number of nitrogens with zero attached hydrogens (tertiary/aromatic N) is 2. The molecule has 1 heterocycles. The highest BCUT2D eigenvalue weighted by molar-refractivity contribution is 6.33. The number of nitrogens with one attached hydrogen (secondary N) is 1. The molecule has 0 spiro atoms. The Hall–Kier alpha value is -2.93. The van der Waals surface area contributed by atoms with E-state index in [2.05, 4.69) is 5.32 Å². The van der Waals surface area contributed by atoms with E-state index in [-0.39, 0.29) is 42.0 Å². The van der Waals surface area contributed by atoms with Gasteiger partial charge in [-0.1, -0.05) is 35.9 Å². The van der Waals surface area contributed by atoms with Crippen LogP contribution in [-0.2, 0) is 4.79 Å². The Labute approximate surface area is 166 Å². The first-order chi connectivity index (χ1) is 13.5. The predicted octanol–water partition coefficient (Wildman–Crippen LogP) is 2.19. The average molecular weight is 404 g/mol. The molecular weight excluding hydrogens is 385 g/mol. The van der Waals surface area contributed by atoms with Crippen LogP contribution in [-0.4, -0.2) is 60.2 Å². The summed E-state index contributed by atoms with van der Waals surface area (Å²) in [6.45, 7) is 1.01. The number of hydrogen-bond acceptors (Lipinski definition) is 3. The van der Waals surface area contributed by atoms with Gasteiger partial charge in [-0.05, 0) is 24.3 Å². The van der Waals surface area contributed by atoms with Gasteiger partial charge < -0.3 is 15.1 Å². The van der Waals surface area contributed by atoms with Gasteiger partial charge in [0.15, 0.2) is 0 Å². The zero-order chi connectivity index (χ0) is 20.1. The summed E-state index contributed by atoms with van der Waals surface area (Å²) in [6, 6.07) is 12.7. The zero-order valence-electron chi connectivity index (χ0n) is 15.0. The maximum atomic E-state index is 13.9. The van der Waals surface area contributed by atoms with E-state index in [4.69, 9.17) is 11.6 Å². The fourth-order valence-corrected chi connectivity index (χ4v) is 3.22. The van der Waals surface area contributed by atoms with Crippen molar-refractivity contribution in [2.45, 2.75) is 0 Å². The molecule has 0 aromatic heterocycles.